The lowest BCUT2D eigenvalue weighted by Crippen LogP contribution is -2.23. The van der Waals surface area contributed by atoms with Crippen LogP contribution in [0.3, 0.4) is 0 Å². The molecule has 0 aliphatic carbocycles. The summed E-state index contributed by atoms with van der Waals surface area (Å²) in [6.07, 6.45) is 4.28. The van der Waals surface area contributed by atoms with E-state index in [9.17, 15) is 5.26 Å². The fourth-order valence-corrected chi connectivity index (χ4v) is 3.54. The van der Waals surface area contributed by atoms with Crippen LogP contribution in [-0.4, -0.2) is 12.8 Å². The minimum absolute atomic E-state index is 0.810. The van der Waals surface area contributed by atoms with Gasteiger partial charge in [-0.2, -0.15) is 5.26 Å². The van der Waals surface area contributed by atoms with Crippen LogP contribution in [0.4, 0.5) is 5.69 Å². The molecule has 2 aromatic carbocycles. The highest BCUT2D eigenvalue weighted by Gasteiger charge is 2.18. The van der Waals surface area contributed by atoms with Gasteiger partial charge in [0.25, 0.3) is 0 Å². The highest BCUT2D eigenvalue weighted by Crippen LogP contribution is 2.31. The van der Waals surface area contributed by atoms with Gasteiger partial charge < -0.3 is 4.90 Å². The van der Waals surface area contributed by atoms with Crippen molar-refractivity contribution in [2.45, 2.75) is 24.3 Å². The molecule has 21 heavy (non-hydrogen) atoms. The third-order valence-corrected chi connectivity index (χ3v) is 4.81. The molecular formula is C18H18N2S. The van der Waals surface area contributed by atoms with Gasteiger partial charge in [-0.05, 0) is 42.4 Å². The highest BCUT2D eigenvalue weighted by atomic mass is 32.2. The molecule has 0 amide bonds. The van der Waals surface area contributed by atoms with Gasteiger partial charge in [0.15, 0.2) is 0 Å². The Hall–Kier alpha value is -1.92. The average Bonchev–Trinajstić information content (AvgIpc) is 2.76. The van der Waals surface area contributed by atoms with E-state index in [-0.39, 0.29) is 0 Å². The Morgan fingerprint density at radius 3 is 2.67 bits per heavy atom. The summed E-state index contributed by atoms with van der Waals surface area (Å²) in [6.45, 7) is 1.89. The summed E-state index contributed by atoms with van der Waals surface area (Å²) in [5, 5.41) is 9.54. The summed E-state index contributed by atoms with van der Waals surface area (Å²) >= 11 is 1.64. The van der Waals surface area contributed by atoms with Crippen molar-refractivity contribution in [1.82, 2.24) is 0 Å². The minimum Gasteiger partial charge on any atom is -0.366 e. The Labute approximate surface area is 130 Å². The van der Waals surface area contributed by atoms with Gasteiger partial charge in [0, 0.05) is 18.0 Å². The number of hydrogen-bond acceptors (Lipinski definition) is 3. The molecule has 0 atom stereocenters. The van der Waals surface area contributed by atoms with Gasteiger partial charge in [-0.3, -0.25) is 0 Å². The van der Waals surface area contributed by atoms with E-state index in [1.165, 1.54) is 11.1 Å². The maximum Gasteiger partial charge on any atom is 0.103 e. The molecule has 1 aliphatic heterocycles. The number of fused-ring (bicyclic) bond motifs is 1. The number of thioether (sulfide) groups is 1. The number of anilines is 1. The zero-order valence-corrected chi connectivity index (χ0v) is 13.0. The monoisotopic (exact) mass is 294 g/mol. The molecule has 2 nitrogen and oxygen atoms in total. The Morgan fingerprint density at radius 1 is 1.10 bits per heavy atom. The van der Waals surface area contributed by atoms with Crippen molar-refractivity contribution in [2.75, 3.05) is 17.7 Å². The van der Waals surface area contributed by atoms with E-state index in [1.54, 1.807) is 11.8 Å². The van der Waals surface area contributed by atoms with Gasteiger partial charge in [-0.15, -0.1) is 11.8 Å². The van der Waals surface area contributed by atoms with Crippen molar-refractivity contribution >= 4 is 17.4 Å². The van der Waals surface area contributed by atoms with Crippen molar-refractivity contribution in [3.05, 3.63) is 59.2 Å². The molecule has 0 fully saturated rings. The van der Waals surface area contributed by atoms with Crippen LogP contribution in [0.25, 0.3) is 0 Å². The lowest BCUT2D eigenvalue weighted by molar-refractivity contribution is 0.764. The lowest BCUT2D eigenvalue weighted by Gasteiger charge is -2.25. The molecule has 0 saturated carbocycles. The third kappa shape index (κ3) is 2.77. The zero-order valence-electron chi connectivity index (χ0n) is 12.2. The van der Waals surface area contributed by atoms with Crippen LogP contribution in [0.15, 0.2) is 47.4 Å². The van der Waals surface area contributed by atoms with Crippen LogP contribution in [0, 0.1) is 11.3 Å². The minimum atomic E-state index is 0.810. The van der Waals surface area contributed by atoms with Crippen molar-refractivity contribution in [2.24, 2.45) is 0 Å². The quantitative estimate of drug-likeness (QED) is 0.775. The second-order valence-corrected chi connectivity index (χ2v) is 6.11. The fraction of sp³-hybridized carbons (Fsp3) is 0.278. The molecule has 0 aromatic heterocycles. The number of hydrogen-bond donors (Lipinski definition) is 0. The molecule has 1 heterocycles. The summed E-state index contributed by atoms with van der Waals surface area (Å²) in [5.74, 6) is 0. The zero-order chi connectivity index (χ0) is 14.7. The molecular weight excluding hydrogens is 276 g/mol. The molecule has 2 aromatic rings. The number of benzene rings is 2. The maximum absolute atomic E-state index is 9.54. The van der Waals surface area contributed by atoms with E-state index in [0.717, 1.165) is 42.1 Å². The van der Waals surface area contributed by atoms with E-state index in [4.69, 9.17) is 0 Å². The molecule has 0 unspecified atom stereocenters. The summed E-state index contributed by atoms with van der Waals surface area (Å²) in [6, 6.07) is 17.2. The first-order valence-corrected chi connectivity index (χ1v) is 8.45. The molecule has 106 valence electrons. The molecule has 3 heteroatoms. The first-order valence-electron chi connectivity index (χ1n) is 7.22. The molecule has 0 N–H and O–H groups in total. The van der Waals surface area contributed by atoms with Crippen LogP contribution in [0.2, 0.25) is 0 Å². The van der Waals surface area contributed by atoms with Crippen LogP contribution in [0.1, 0.15) is 23.1 Å². The van der Waals surface area contributed by atoms with Gasteiger partial charge in [0.05, 0.1) is 11.3 Å². The van der Waals surface area contributed by atoms with E-state index >= 15 is 0 Å². The number of nitriles is 1. The molecule has 0 spiro atoms. The first-order chi connectivity index (χ1) is 10.3. The Balaban J connectivity index is 2.00. The molecule has 0 radical (unpaired) electrons. The molecule has 3 rings (SSSR count). The summed E-state index contributed by atoms with van der Waals surface area (Å²) in [7, 11) is 0. The van der Waals surface area contributed by atoms with E-state index in [2.05, 4.69) is 47.4 Å². The third-order valence-electron chi connectivity index (χ3n) is 4.03. The largest absolute Gasteiger partial charge is 0.366 e. The standard InChI is InChI=1S/C18H18N2S/c1-21-18-10-4-9-17(16(18)12-19)20-11-5-8-14-6-2-3-7-15(14)13-20/h2-4,6-7,9-10H,5,8,11,13H2,1H3. The van der Waals surface area contributed by atoms with E-state index in [0.29, 0.717) is 0 Å². The normalized spacial score (nSPS) is 14.2. The van der Waals surface area contributed by atoms with Crippen LogP contribution >= 0.6 is 11.8 Å². The predicted octanol–water partition coefficient (Wildman–Crippen LogP) is 4.23. The van der Waals surface area contributed by atoms with Gasteiger partial charge in [-0.25, -0.2) is 0 Å². The molecule has 0 saturated heterocycles. The van der Waals surface area contributed by atoms with E-state index in [1.807, 2.05) is 12.3 Å². The summed E-state index contributed by atoms with van der Waals surface area (Å²) in [5.41, 5.74) is 4.71. The van der Waals surface area contributed by atoms with Crippen molar-refractivity contribution < 1.29 is 0 Å². The Bertz CT molecular complexity index is 688. The SMILES string of the molecule is CSc1cccc(N2CCCc3ccccc3C2)c1C#N. The number of nitrogens with zero attached hydrogens (tertiary/aromatic N) is 2. The predicted molar refractivity (Wildman–Crippen MR) is 88.8 cm³/mol. The summed E-state index contributed by atoms with van der Waals surface area (Å²) in [4.78, 5) is 3.41. The van der Waals surface area contributed by atoms with Crippen molar-refractivity contribution in [3.8, 4) is 6.07 Å². The Kier molecular flexibility index (Phi) is 4.17. The van der Waals surface area contributed by atoms with Crippen molar-refractivity contribution in [3.63, 3.8) is 0 Å². The topological polar surface area (TPSA) is 27.0 Å². The first kappa shape index (κ1) is 14.0. The molecule has 0 bridgehead atoms. The second kappa shape index (κ2) is 6.24. The van der Waals surface area contributed by atoms with E-state index < -0.39 is 0 Å². The highest BCUT2D eigenvalue weighted by molar-refractivity contribution is 7.98. The lowest BCUT2D eigenvalue weighted by atomic mass is 10.0. The second-order valence-electron chi connectivity index (χ2n) is 5.26. The molecule has 1 aliphatic rings. The average molecular weight is 294 g/mol. The smallest absolute Gasteiger partial charge is 0.103 e. The van der Waals surface area contributed by atoms with Gasteiger partial charge in [-0.1, -0.05) is 30.3 Å². The summed E-state index contributed by atoms with van der Waals surface area (Å²) < 4.78 is 0. The maximum atomic E-state index is 9.54. The number of aryl methyl sites for hydroxylation is 1. The van der Waals surface area contributed by atoms with Crippen LogP contribution in [-0.2, 0) is 13.0 Å². The van der Waals surface area contributed by atoms with Crippen molar-refractivity contribution in [1.29, 1.82) is 5.26 Å². The van der Waals surface area contributed by atoms with Crippen LogP contribution in [0.5, 0.6) is 0 Å². The van der Waals surface area contributed by atoms with Gasteiger partial charge in [0.1, 0.15) is 6.07 Å². The van der Waals surface area contributed by atoms with Crippen LogP contribution < -0.4 is 4.90 Å². The Morgan fingerprint density at radius 2 is 1.90 bits per heavy atom. The fourth-order valence-electron chi connectivity index (χ4n) is 2.97. The number of rotatable bonds is 2. The van der Waals surface area contributed by atoms with Gasteiger partial charge in [0.2, 0.25) is 0 Å². The van der Waals surface area contributed by atoms with Gasteiger partial charge >= 0.3 is 0 Å².